The number of anilines is 1. The topological polar surface area (TPSA) is 117 Å². The first-order valence-electron chi connectivity index (χ1n) is 11.4. The van der Waals surface area contributed by atoms with Crippen LogP contribution in [0, 0.1) is 0 Å². The predicted molar refractivity (Wildman–Crippen MR) is 127 cm³/mol. The molecule has 0 amide bonds. The van der Waals surface area contributed by atoms with Crippen LogP contribution in [0.1, 0.15) is 6.92 Å². The molecule has 0 spiro atoms. The van der Waals surface area contributed by atoms with E-state index in [9.17, 15) is 4.79 Å². The fourth-order valence-electron chi connectivity index (χ4n) is 2.30. The van der Waals surface area contributed by atoms with Gasteiger partial charge in [0.25, 0.3) is 0 Å². The van der Waals surface area contributed by atoms with Gasteiger partial charge < -0.3 is 43.6 Å². The van der Waals surface area contributed by atoms with Crippen LogP contribution < -0.4 is 10.5 Å². The van der Waals surface area contributed by atoms with Crippen LogP contribution in [0.4, 0.5) is 5.69 Å². The van der Waals surface area contributed by atoms with E-state index >= 15 is 0 Å². The summed E-state index contributed by atoms with van der Waals surface area (Å²) in [7, 11) is 0. The fourth-order valence-corrected chi connectivity index (χ4v) is 2.30. The van der Waals surface area contributed by atoms with Crippen LogP contribution in [0.25, 0.3) is 0 Å². The molecule has 0 aliphatic heterocycles. The Hall–Kier alpha value is -2.21. The van der Waals surface area contributed by atoms with Crippen molar-refractivity contribution in [2.24, 2.45) is 0 Å². The predicted octanol–water partition coefficient (Wildman–Crippen LogP) is 1.87. The van der Waals surface area contributed by atoms with Crippen molar-refractivity contribution in [2.75, 3.05) is 98.2 Å². The minimum atomic E-state index is -0.410. The second-order valence-electron chi connectivity index (χ2n) is 7.01. The summed E-state index contributed by atoms with van der Waals surface area (Å²) >= 11 is 0. The summed E-state index contributed by atoms with van der Waals surface area (Å²) in [5, 5.41) is 0. The largest absolute Gasteiger partial charge is 0.491 e. The number of carbonyl (C=O) groups is 1. The molecule has 0 aliphatic carbocycles. The van der Waals surface area contributed by atoms with Crippen molar-refractivity contribution in [2.45, 2.75) is 6.92 Å². The number of rotatable bonds is 23. The van der Waals surface area contributed by atoms with Crippen LogP contribution in [0.3, 0.4) is 0 Å². The lowest BCUT2D eigenvalue weighted by Crippen LogP contribution is -2.15. The van der Waals surface area contributed by atoms with Crippen molar-refractivity contribution in [3.8, 4) is 5.75 Å². The molecule has 2 N–H and O–H groups in total. The quantitative estimate of drug-likeness (QED) is 0.107. The molecule has 1 aromatic carbocycles. The molecule has 10 nitrogen and oxygen atoms in total. The van der Waals surface area contributed by atoms with Gasteiger partial charge in [0.1, 0.15) is 19.0 Å². The molecule has 0 bridgehead atoms. The Bertz CT molecular complexity index is 640. The molecule has 0 saturated heterocycles. The molecule has 0 heterocycles. The third kappa shape index (κ3) is 18.2. The second kappa shape index (κ2) is 21.3. The van der Waals surface area contributed by atoms with Crippen molar-refractivity contribution in [3.05, 3.63) is 36.4 Å². The van der Waals surface area contributed by atoms with Gasteiger partial charge in [0.2, 0.25) is 0 Å². The van der Waals surface area contributed by atoms with Crippen LogP contribution in [-0.2, 0) is 38.0 Å². The normalized spacial score (nSPS) is 10.9. The fraction of sp³-hybridized carbons (Fsp3) is 0.625. The summed E-state index contributed by atoms with van der Waals surface area (Å²) in [5.74, 6) is 0.358. The van der Waals surface area contributed by atoms with Gasteiger partial charge in [-0.25, -0.2) is 4.79 Å². The first-order valence-corrected chi connectivity index (χ1v) is 11.4. The number of hydrogen-bond donors (Lipinski definition) is 1. The molecule has 0 saturated carbocycles. The Labute approximate surface area is 202 Å². The Morgan fingerprint density at radius 2 is 1.00 bits per heavy atom. The molecule has 0 aromatic heterocycles. The summed E-state index contributed by atoms with van der Waals surface area (Å²) in [5.41, 5.74) is 6.70. The van der Waals surface area contributed by atoms with Gasteiger partial charge in [0.05, 0.1) is 79.3 Å². The average Bonchev–Trinajstić information content (AvgIpc) is 2.83. The van der Waals surface area contributed by atoms with Crippen molar-refractivity contribution in [1.29, 1.82) is 0 Å². The van der Waals surface area contributed by atoms with Crippen LogP contribution in [0.2, 0.25) is 0 Å². The third-order valence-corrected chi connectivity index (χ3v) is 4.05. The van der Waals surface area contributed by atoms with E-state index in [0.717, 1.165) is 5.75 Å². The minimum Gasteiger partial charge on any atom is -0.491 e. The summed E-state index contributed by atoms with van der Waals surface area (Å²) < 4.78 is 42.8. The minimum absolute atomic E-state index is 0.203. The molecule has 0 aliphatic rings. The molecule has 10 heteroatoms. The highest BCUT2D eigenvalue weighted by Gasteiger charge is 2.01. The summed E-state index contributed by atoms with van der Waals surface area (Å²) in [6, 6.07) is 7.24. The van der Waals surface area contributed by atoms with Crippen LogP contribution in [-0.4, -0.2) is 98.5 Å². The van der Waals surface area contributed by atoms with E-state index in [4.69, 9.17) is 43.6 Å². The van der Waals surface area contributed by atoms with Gasteiger partial charge in [-0.3, -0.25) is 0 Å². The van der Waals surface area contributed by atoms with Crippen LogP contribution >= 0.6 is 0 Å². The molecular formula is C24H39NO9. The van der Waals surface area contributed by atoms with E-state index < -0.39 is 5.97 Å². The monoisotopic (exact) mass is 485 g/mol. The molecule has 194 valence electrons. The zero-order valence-corrected chi connectivity index (χ0v) is 20.2. The Kier molecular flexibility index (Phi) is 18.7. The van der Waals surface area contributed by atoms with Gasteiger partial charge in [-0.05, 0) is 31.2 Å². The summed E-state index contributed by atoms with van der Waals surface area (Å²) in [6.45, 7) is 11.4. The first kappa shape index (κ1) is 29.8. The lowest BCUT2D eigenvalue weighted by atomic mass is 10.3. The van der Waals surface area contributed by atoms with Gasteiger partial charge in [0, 0.05) is 11.3 Å². The molecular weight excluding hydrogens is 446 g/mol. The van der Waals surface area contributed by atoms with E-state index in [1.165, 1.54) is 0 Å². The van der Waals surface area contributed by atoms with Crippen LogP contribution in [0.5, 0.6) is 5.75 Å². The van der Waals surface area contributed by atoms with Crippen molar-refractivity contribution in [1.82, 2.24) is 0 Å². The maximum atomic E-state index is 11.1. The second-order valence-corrected chi connectivity index (χ2v) is 7.01. The lowest BCUT2D eigenvalue weighted by Gasteiger charge is -2.09. The zero-order chi connectivity index (χ0) is 24.7. The third-order valence-electron chi connectivity index (χ3n) is 4.05. The molecule has 0 unspecified atom stereocenters. The number of benzene rings is 1. The van der Waals surface area contributed by atoms with Gasteiger partial charge in [-0.1, -0.05) is 6.58 Å². The first-order chi connectivity index (χ1) is 16.6. The highest BCUT2D eigenvalue weighted by atomic mass is 16.6. The smallest absolute Gasteiger partial charge is 0.333 e. The molecule has 0 fully saturated rings. The molecule has 1 rings (SSSR count). The Balaban J connectivity index is 1.69. The van der Waals surface area contributed by atoms with Gasteiger partial charge in [-0.2, -0.15) is 0 Å². The van der Waals surface area contributed by atoms with Crippen molar-refractivity contribution < 1.29 is 42.7 Å². The van der Waals surface area contributed by atoms with Gasteiger partial charge >= 0.3 is 5.97 Å². The Morgan fingerprint density at radius 1 is 0.647 bits per heavy atom. The Morgan fingerprint density at radius 3 is 1.38 bits per heavy atom. The molecule has 1 aromatic rings. The van der Waals surface area contributed by atoms with Gasteiger partial charge in [-0.15, -0.1) is 0 Å². The molecule has 0 radical (unpaired) electrons. The number of nitrogen functional groups attached to an aromatic ring is 1. The lowest BCUT2D eigenvalue weighted by molar-refractivity contribution is -0.140. The molecule has 34 heavy (non-hydrogen) atoms. The van der Waals surface area contributed by atoms with Crippen LogP contribution in [0.15, 0.2) is 36.4 Å². The summed E-state index contributed by atoms with van der Waals surface area (Å²) in [6.07, 6.45) is 0. The van der Waals surface area contributed by atoms with Crippen molar-refractivity contribution >= 4 is 11.7 Å². The number of esters is 1. The average molecular weight is 486 g/mol. The maximum absolute atomic E-state index is 11.1. The number of nitrogens with two attached hydrogens (primary N) is 1. The van der Waals surface area contributed by atoms with E-state index in [0.29, 0.717) is 97.1 Å². The number of ether oxygens (including phenoxy) is 8. The van der Waals surface area contributed by atoms with Gasteiger partial charge in [0.15, 0.2) is 0 Å². The highest BCUT2D eigenvalue weighted by Crippen LogP contribution is 2.12. The standard InChI is InChI=1S/C24H39NO9/c1-21(2)24(26)34-20-18-32-16-14-30-12-10-28-8-7-27-9-11-29-13-15-31-17-19-33-23-5-3-22(25)4-6-23/h3-6H,1,7-20,25H2,2H3. The molecule has 0 atom stereocenters. The SMILES string of the molecule is C=C(C)C(=O)OCCOCCOCCOCCOCCOCCOCCOc1ccc(N)cc1. The number of hydrogen-bond acceptors (Lipinski definition) is 10. The highest BCUT2D eigenvalue weighted by molar-refractivity contribution is 5.86. The van der Waals surface area contributed by atoms with E-state index in [-0.39, 0.29) is 6.61 Å². The van der Waals surface area contributed by atoms with Crippen molar-refractivity contribution in [3.63, 3.8) is 0 Å². The maximum Gasteiger partial charge on any atom is 0.333 e. The van der Waals surface area contributed by atoms with E-state index in [1.54, 1.807) is 19.1 Å². The zero-order valence-electron chi connectivity index (χ0n) is 20.2. The van der Waals surface area contributed by atoms with E-state index in [1.807, 2.05) is 12.1 Å². The van der Waals surface area contributed by atoms with E-state index in [2.05, 4.69) is 6.58 Å². The number of carbonyl (C=O) groups excluding carboxylic acids is 1. The summed E-state index contributed by atoms with van der Waals surface area (Å²) in [4.78, 5) is 11.1.